The fourth-order valence-electron chi connectivity index (χ4n) is 2.55. The summed E-state index contributed by atoms with van der Waals surface area (Å²) in [5.74, 6) is 0. The maximum atomic E-state index is 4.71. The van der Waals surface area contributed by atoms with E-state index in [2.05, 4.69) is 53.1 Å². The molecular weight excluding hydrogens is 260 g/mol. The van der Waals surface area contributed by atoms with E-state index in [9.17, 15) is 0 Å². The second kappa shape index (κ2) is 6.06. The fraction of sp³-hybridized carbons (Fsp3) is 0.294. The molecule has 0 saturated carbocycles. The zero-order chi connectivity index (χ0) is 14.7. The Kier molecular flexibility index (Phi) is 3.97. The molecule has 3 rings (SSSR count). The molecule has 3 aromatic rings. The van der Waals surface area contributed by atoms with Crippen LogP contribution in [-0.2, 0) is 13.1 Å². The van der Waals surface area contributed by atoms with Crippen LogP contribution in [0.5, 0.6) is 0 Å². The highest BCUT2D eigenvalue weighted by molar-refractivity contribution is 5.81. The molecule has 4 nitrogen and oxygen atoms in total. The molecule has 0 aliphatic carbocycles. The molecule has 4 heteroatoms. The van der Waals surface area contributed by atoms with Crippen molar-refractivity contribution < 1.29 is 0 Å². The van der Waals surface area contributed by atoms with Gasteiger partial charge in [0, 0.05) is 30.7 Å². The van der Waals surface area contributed by atoms with Crippen LogP contribution in [0.25, 0.3) is 10.9 Å². The molecule has 108 valence electrons. The summed E-state index contributed by atoms with van der Waals surface area (Å²) in [6, 6.07) is 14.6. The molecule has 0 aliphatic rings. The molecule has 0 saturated heterocycles. The normalized spacial score (nSPS) is 12.7. The molecule has 1 aromatic carbocycles. The first kappa shape index (κ1) is 13.8. The van der Waals surface area contributed by atoms with Gasteiger partial charge in [-0.1, -0.05) is 24.3 Å². The molecule has 2 aromatic heterocycles. The van der Waals surface area contributed by atoms with Gasteiger partial charge in [-0.2, -0.15) is 5.10 Å². The van der Waals surface area contributed by atoms with Gasteiger partial charge in [0.25, 0.3) is 0 Å². The van der Waals surface area contributed by atoms with Gasteiger partial charge in [0.15, 0.2) is 0 Å². The van der Waals surface area contributed by atoms with Gasteiger partial charge in [0.1, 0.15) is 0 Å². The summed E-state index contributed by atoms with van der Waals surface area (Å²) in [6.45, 7) is 5.87. The van der Waals surface area contributed by atoms with Crippen molar-refractivity contribution in [2.75, 3.05) is 0 Å². The van der Waals surface area contributed by atoms with Gasteiger partial charge in [-0.05, 0) is 32.0 Å². The Labute approximate surface area is 124 Å². The summed E-state index contributed by atoms with van der Waals surface area (Å²) in [7, 11) is 0. The summed E-state index contributed by atoms with van der Waals surface area (Å²) >= 11 is 0. The first-order valence-corrected chi connectivity index (χ1v) is 7.38. The van der Waals surface area contributed by atoms with Crippen molar-refractivity contribution >= 4 is 10.9 Å². The Balaban J connectivity index is 1.79. The Morgan fingerprint density at radius 1 is 1.14 bits per heavy atom. The molecule has 0 aliphatic heterocycles. The van der Waals surface area contributed by atoms with Gasteiger partial charge in [-0.25, -0.2) is 0 Å². The van der Waals surface area contributed by atoms with Crippen LogP contribution in [0, 0.1) is 0 Å². The SMILES string of the molecule is CCn1nc(CN[C@@H](C)c2ccccn2)c2ccccc21. The van der Waals surface area contributed by atoms with Crippen molar-refractivity contribution in [1.82, 2.24) is 20.1 Å². The second-order valence-electron chi connectivity index (χ2n) is 5.14. The molecule has 0 radical (unpaired) electrons. The third-order valence-electron chi connectivity index (χ3n) is 3.74. The van der Waals surface area contributed by atoms with Crippen molar-refractivity contribution in [3.8, 4) is 0 Å². The zero-order valence-electron chi connectivity index (χ0n) is 12.5. The number of nitrogens with zero attached hydrogens (tertiary/aromatic N) is 3. The number of rotatable bonds is 5. The van der Waals surface area contributed by atoms with E-state index in [0.717, 1.165) is 24.5 Å². The highest BCUT2D eigenvalue weighted by Crippen LogP contribution is 2.19. The van der Waals surface area contributed by atoms with Gasteiger partial charge in [-0.15, -0.1) is 0 Å². The number of hydrogen-bond donors (Lipinski definition) is 1. The van der Waals surface area contributed by atoms with E-state index in [4.69, 9.17) is 5.10 Å². The predicted octanol–water partition coefficient (Wildman–Crippen LogP) is 3.30. The monoisotopic (exact) mass is 280 g/mol. The number of benzene rings is 1. The van der Waals surface area contributed by atoms with E-state index in [-0.39, 0.29) is 6.04 Å². The summed E-state index contributed by atoms with van der Waals surface area (Å²) in [4.78, 5) is 4.39. The molecule has 0 fully saturated rings. The van der Waals surface area contributed by atoms with Crippen molar-refractivity contribution in [3.05, 3.63) is 60.0 Å². The second-order valence-corrected chi connectivity index (χ2v) is 5.14. The van der Waals surface area contributed by atoms with Crippen LogP contribution in [0.3, 0.4) is 0 Å². The lowest BCUT2D eigenvalue weighted by Gasteiger charge is -2.12. The lowest BCUT2D eigenvalue weighted by atomic mass is 10.2. The Hall–Kier alpha value is -2.20. The fourth-order valence-corrected chi connectivity index (χ4v) is 2.55. The molecule has 21 heavy (non-hydrogen) atoms. The van der Waals surface area contributed by atoms with E-state index in [1.165, 1.54) is 10.9 Å². The quantitative estimate of drug-likeness (QED) is 0.779. The topological polar surface area (TPSA) is 42.7 Å². The van der Waals surface area contributed by atoms with Crippen LogP contribution in [0.1, 0.15) is 31.3 Å². The minimum Gasteiger partial charge on any atom is -0.303 e. The summed E-state index contributed by atoms with van der Waals surface area (Å²) in [5.41, 5.74) is 3.34. The van der Waals surface area contributed by atoms with Crippen molar-refractivity contribution in [2.24, 2.45) is 0 Å². The van der Waals surface area contributed by atoms with Crippen LogP contribution in [-0.4, -0.2) is 14.8 Å². The molecule has 2 heterocycles. The highest BCUT2D eigenvalue weighted by Gasteiger charge is 2.11. The Morgan fingerprint density at radius 2 is 1.95 bits per heavy atom. The molecule has 0 unspecified atom stereocenters. The van der Waals surface area contributed by atoms with Gasteiger partial charge in [0.05, 0.1) is 16.9 Å². The first-order chi connectivity index (χ1) is 10.3. The van der Waals surface area contributed by atoms with E-state index in [0.29, 0.717) is 0 Å². The van der Waals surface area contributed by atoms with E-state index in [1.807, 2.05) is 24.4 Å². The Morgan fingerprint density at radius 3 is 2.71 bits per heavy atom. The number of aromatic nitrogens is 3. The summed E-state index contributed by atoms with van der Waals surface area (Å²) < 4.78 is 2.05. The highest BCUT2D eigenvalue weighted by atomic mass is 15.3. The number of nitrogens with one attached hydrogen (secondary N) is 1. The van der Waals surface area contributed by atoms with Crippen LogP contribution in [0.4, 0.5) is 0 Å². The zero-order valence-corrected chi connectivity index (χ0v) is 12.5. The van der Waals surface area contributed by atoms with Crippen LogP contribution in [0.2, 0.25) is 0 Å². The molecule has 0 bridgehead atoms. The molecule has 0 spiro atoms. The van der Waals surface area contributed by atoms with E-state index >= 15 is 0 Å². The maximum absolute atomic E-state index is 4.71. The number of hydrogen-bond acceptors (Lipinski definition) is 3. The summed E-state index contributed by atoms with van der Waals surface area (Å²) in [5, 5.41) is 9.44. The third-order valence-corrected chi connectivity index (χ3v) is 3.74. The maximum Gasteiger partial charge on any atom is 0.0841 e. The standard InChI is InChI=1S/C17H20N4/c1-3-21-17-10-5-4-8-14(17)16(20-21)12-19-13(2)15-9-6-7-11-18-15/h4-11,13,19H,3,12H2,1-2H3/t13-/m0/s1. The Bertz CT molecular complexity index is 718. The first-order valence-electron chi connectivity index (χ1n) is 7.38. The minimum atomic E-state index is 0.205. The number of aryl methyl sites for hydroxylation is 1. The van der Waals surface area contributed by atoms with E-state index in [1.54, 1.807) is 0 Å². The molecular formula is C17H20N4. The van der Waals surface area contributed by atoms with Crippen LogP contribution < -0.4 is 5.32 Å². The number of para-hydroxylation sites is 1. The smallest absolute Gasteiger partial charge is 0.0841 e. The number of fused-ring (bicyclic) bond motifs is 1. The lowest BCUT2D eigenvalue weighted by Crippen LogP contribution is -2.19. The van der Waals surface area contributed by atoms with Gasteiger partial charge in [0.2, 0.25) is 0 Å². The summed E-state index contributed by atoms with van der Waals surface area (Å²) in [6.07, 6.45) is 1.83. The average molecular weight is 280 g/mol. The number of pyridine rings is 1. The largest absolute Gasteiger partial charge is 0.303 e. The molecule has 1 atom stereocenters. The van der Waals surface area contributed by atoms with Gasteiger partial charge < -0.3 is 5.32 Å². The van der Waals surface area contributed by atoms with Crippen molar-refractivity contribution in [2.45, 2.75) is 33.0 Å². The van der Waals surface area contributed by atoms with Crippen LogP contribution >= 0.6 is 0 Å². The predicted molar refractivity (Wildman–Crippen MR) is 84.9 cm³/mol. The molecule has 0 amide bonds. The van der Waals surface area contributed by atoms with Gasteiger partial charge in [-0.3, -0.25) is 9.67 Å². The van der Waals surface area contributed by atoms with Crippen molar-refractivity contribution in [3.63, 3.8) is 0 Å². The van der Waals surface area contributed by atoms with Crippen LogP contribution in [0.15, 0.2) is 48.7 Å². The van der Waals surface area contributed by atoms with Crippen molar-refractivity contribution in [1.29, 1.82) is 0 Å². The molecule has 1 N–H and O–H groups in total. The average Bonchev–Trinajstić information content (AvgIpc) is 2.91. The minimum absolute atomic E-state index is 0.205. The van der Waals surface area contributed by atoms with E-state index < -0.39 is 0 Å². The van der Waals surface area contributed by atoms with Gasteiger partial charge >= 0.3 is 0 Å². The lowest BCUT2D eigenvalue weighted by molar-refractivity contribution is 0.548. The third kappa shape index (κ3) is 2.81.